The quantitative estimate of drug-likeness (QED) is 0.435. The fourth-order valence-electron chi connectivity index (χ4n) is 9.79. The lowest BCUT2D eigenvalue weighted by molar-refractivity contribution is -0.188. The Hall–Kier alpha value is -0.300. The van der Waals surface area contributed by atoms with Gasteiger partial charge in [-0.1, -0.05) is 39.7 Å². The Morgan fingerprint density at radius 2 is 1.50 bits per heavy atom. The van der Waals surface area contributed by atoms with Crippen LogP contribution in [0.1, 0.15) is 98.3 Å². The number of allylic oxidation sites excluding steroid dienone is 1. The number of fused-ring (bicyclic) bond motifs is 7. The van der Waals surface area contributed by atoms with E-state index in [1.165, 1.54) is 44.9 Å². The van der Waals surface area contributed by atoms with Gasteiger partial charge in [-0.2, -0.15) is 0 Å². The third-order valence-corrected chi connectivity index (χ3v) is 10.9. The third kappa shape index (κ3) is 3.05. The van der Waals surface area contributed by atoms with Crippen LogP contribution >= 0.6 is 0 Å². The van der Waals surface area contributed by atoms with Crippen LogP contribution in [0.3, 0.4) is 0 Å². The standard InChI is InChI=1S/C24H40O.C3H6/c1-15-19-11-13-24(3)20-9-7-16-5-4-6-17(16)18(20)8-10-22(24)23(19,2)14-12-21(15)25;1-3-2/h15-22,25H,4-14H2,1-3H3;3H,1H2,2H3. The summed E-state index contributed by atoms with van der Waals surface area (Å²) >= 11 is 0. The van der Waals surface area contributed by atoms with Crippen molar-refractivity contribution in [1.29, 1.82) is 0 Å². The zero-order valence-electron chi connectivity index (χ0n) is 19.1. The van der Waals surface area contributed by atoms with Crippen molar-refractivity contribution in [2.75, 3.05) is 0 Å². The molecule has 0 bridgehead atoms. The van der Waals surface area contributed by atoms with Crippen molar-refractivity contribution in [3.8, 4) is 0 Å². The molecule has 5 aliphatic carbocycles. The minimum Gasteiger partial charge on any atom is -0.393 e. The first-order valence-electron chi connectivity index (χ1n) is 12.6. The van der Waals surface area contributed by atoms with E-state index >= 15 is 0 Å². The molecule has 0 aromatic heterocycles. The van der Waals surface area contributed by atoms with E-state index in [0.717, 1.165) is 41.9 Å². The van der Waals surface area contributed by atoms with E-state index in [2.05, 4.69) is 27.4 Å². The second-order valence-electron chi connectivity index (χ2n) is 11.9. The molecule has 10 unspecified atom stereocenters. The summed E-state index contributed by atoms with van der Waals surface area (Å²) in [6.45, 7) is 13.0. The van der Waals surface area contributed by atoms with Gasteiger partial charge in [-0.05, 0) is 117 Å². The van der Waals surface area contributed by atoms with Crippen LogP contribution in [0.15, 0.2) is 12.7 Å². The minimum atomic E-state index is -0.0345. The molecule has 5 fully saturated rings. The van der Waals surface area contributed by atoms with E-state index < -0.39 is 0 Å². The lowest BCUT2D eigenvalue weighted by atomic mass is 9.38. The summed E-state index contributed by atoms with van der Waals surface area (Å²) in [5.74, 6) is 6.49. The highest BCUT2D eigenvalue weighted by Gasteiger charge is 2.62. The molecule has 0 radical (unpaired) electrons. The Balaban J connectivity index is 0.000000604. The van der Waals surface area contributed by atoms with E-state index in [4.69, 9.17) is 0 Å². The molecule has 0 saturated heterocycles. The fraction of sp³-hybridized carbons (Fsp3) is 0.926. The predicted molar refractivity (Wildman–Crippen MR) is 119 cm³/mol. The Morgan fingerprint density at radius 1 is 0.821 bits per heavy atom. The molecule has 28 heavy (non-hydrogen) atoms. The van der Waals surface area contributed by atoms with Crippen LogP contribution in [0.4, 0.5) is 0 Å². The second kappa shape index (κ2) is 7.75. The van der Waals surface area contributed by atoms with Crippen molar-refractivity contribution in [3.05, 3.63) is 12.7 Å². The normalized spacial score (nSPS) is 54.9. The lowest BCUT2D eigenvalue weighted by Gasteiger charge is -2.67. The van der Waals surface area contributed by atoms with Crippen molar-refractivity contribution in [2.45, 2.75) is 104 Å². The van der Waals surface area contributed by atoms with Gasteiger partial charge in [-0.25, -0.2) is 0 Å². The molecular weight excluding hydrogens is 340 g/mol. The van der Waals surface area contributed by atoms with Gasteiger partial charge >= 0.3 is 0 Å². The van der Waals surface area contributed by atoms with Crippen molar-refractivity contribution in [3.63, 3.8) is 0 Å². The average molecular weight is 387 g/mol. The number of aliphatic hydroxyl groups is 1. The first-order valence-corrected chi connectivity index (χ1v) is 12.6. The number of hydrogen-bond acceptors (Lipinski definition) is 1. The van der Waals surface area contributed by atoms with Gasteiger partial charge in [0, 0.05) is 0 Å². The summed E-state index contributed by atoms with van der Waals surface area (Å²) in [7, 11) is 0. The van der Waals surface area contributed by atoms with Gasteiger partial charge in [0.2, 0.25) is 0 Å². The second-order valence-corrected chi connectivity index (χ2v) is 11.9. The summed E-state index contributed by atoms with van der Waals surface area (Å²) < 4.78 is 0. The van der Waals surface area contributed by atoms with Crippen LogP contribution in [0, 0.1) is 52.3 Å². The Kier molecular flexibility index (Phi) is 5.80. The maximum absolute atomic E-state index is 10.5. The van der Waals surface area contributed by atoms with Gasteiger partial charge in [0.15, 0.2) is 0 Å². The number of rotatable bonds is 0. The van der Waals surface area contributed by atoms with Crippen LogP contribution in [-0.2, 0) is 0 Å². The summed E-state index contributed by atoms with van der Waals surface area (Å²) in [6.07, 6.45) is 17.6. The van der Waals surface area contributed by atoms with Crippen LogP contribution in [-0.4, -0.2) is 11.2 Å². The van der Waals surface area contributed by atoms with Gasteiger partial charge in [0.1, 0.15) is 0 Å². The summed E-state index contributed by atoms with van der Waals surface area (Å²) in [5.41, 5.74) is 1.10. The molecule has 5 saturated carbocycles. The first kappa shape index (κ1) is 21.0. The van der Waals surface area contributed by atoms with E-state index in [1.54, 1.807) is 25.3 Å². The van der Waals surface area contributed by atoms with Crippen LogP contribution in [0.2, 0.25) is 0 Å². The topological polar surface area (TPSA) is 20.2 Å². The molecule has 1 heteroatoms. The highest BCUT2D eigenvalue weighted by atomic mass is 16.3. The average Bonchev–Trinajstić information content (AvgIpc) is 3.15. The predicted octanol–water partition coefficient (Wildman–Crippen LogP) is 7.24. The van der Waals surface area contributed by atoms with E-state index in [9.17, 15) is 5.11 Å². The summed E-state index contributed by atoms with van der Waals surface area (Å²) in [4.78, 5) is 0. The molecular formula is C27H46O. The van der Waals surface area contributed by atoms with Crippen molar-refractivity contribution in [1.82, 2.24) is 0 Å². The van der Waals surface area contributed by atoms with Crippen molar-refractivity contribution in [2.24, 2.45) is 52.3 Å². The fourth-order valence-corrected chi connectivity index (χ4v) is 9.79. The number of hydrogen-bond donors (Lipinski definition) is 1. The molecule has 1 N–H and O–H groups in total. The summed E-state index contributed by atoms with van der Waals surface area (Å²) in [6, 6.07) is 0. The molecule has 0 aromatic rings. The maximum atomic E-state index is 10.5. The number of aliphatic hydroxyl groups excluding tert-OH is 1. The molecule has 5 aliphatic rings. The van der Waals surface area contributed by atoms with E-state index in [-0.39, 0.29) is 6.10 Å². The maximum Gasteiger partial charge on any atom is 0.0568 e. The molecule has 10 atom stereocenters. The monoisotopic (exact) mass is 386 g/mol. The smallest absolute Gasteiger partial charge is 0.0568 e. The highest BCUT2D eigenvalue weighted by Crippen LogP contribution is 2.70. The molecule has 1 nitrogen and oxygen atoms in total. The van der Waals surface area contributed by atoms with Crippen molar-refractivity contribution >= 4 is 0 Å². The lowest BCUT2D eigenvalue weighted by Crippen LogP contribution is -2.60. The van der Waals surface area contributed by atoms with E-state index in [0.29, 0.717) is 16.7 Å². The Labute approximate surface area is 174 Å². The van der Waals surface area contributed by atoms with Gasteiger partial charge in [-0.15, -0.1) is 6.58 Å². The zero-order valence-corrected chi connectivity index (χ0v) is 19.1. The minimum absolute atomic E-state index is 0.0345. The van der Waals surface area contributed by atoms with Gasteiger partial charge in [0.05, 0.1) is 6.10 Å². The zero-order chi connectivity index (χ0) is 20.1. The molecule has 0 aliphatic heterocycles. The summed E-state index contributed by atoms with van der Waals surface area (Å²) in [5, 5.41) is 10.5. The van der Waals surface area contributed by atoms with Gasteiger partial charge < -0.3 is 5.11 Å². The third-order valence-electron chi connectivity index (χ3n) is 10.9. The molecule has 160 valence electrons. The molecule has 0 heterocycles. The molecule has 0 aromatic carbocycles. The SMILES string of the molecule is C=CC.CC1C(O)CCC2(C)C1CCC1(C)C3CCC4CCCC4C3CCC21. The van der Waals surface area contributed by atoms with Crippen LogP contribution in [0.25, 0.3) is 0 Å². The highest BCUT2D eigenvalue weighted by molar-refractivity contribution is 5.11. The Morgan fingerprint density at radius 3 is 2.25 bits per heavy atom. The molecule has 0 amide bonds. The van der Waals surface area contributed by atoms with Gasteiger partial charge in [-0.3, -0.25) is 0 Å². The largest absolute Gasteiger partial charge is 0.393 e. The first-order chi connectivity index (χ1) is 13.4. The molecule has 5 rings (SSSR count). The van der Waals surface area contributed by atoms with Crippen LogP contribution < -0.4 is 0 Å². The molecule has 0 spiro atoms. The van der Waals surface area contributed by atoms with Crippen molar-refractivity contribution < 1.29 is 5.11 Å². The van der Waals surface area contributed by atoms with E-state index in [1.807, 2.05) is 6.92 Å². The van der Waals surface area contributed by atoms with Crippen LogP contribution in [0.5, 0.6) is 0 Å². The Bertz CT molecular complexity index is 569. The van der Waals surface area contributed by atoms with Gasteiger partial charge in [0.25, 0.3) is 0 Å².